The van der Waals surface area contributed by atoms with Crippen LogP contribution in [0.5, 0.6) is 0 Å². The van der Waals surface area contributed by atoms with Gasteiger partial charge in [0.2, 0.25) is 0 Å². The number of carbonyl (C=O) groups excluding carboxylic acids is 1. The number of hydrogen-bond donors (Lipinski definition) is 0. The van der Waals surface area contributed by atoms with Crippen molar-refractivity contribution < 1.29 is 9.35 Å². The van der Waals surface area contributed by atoms with Gasteiger partial charge in [-0.3, -0.25) is 4.79 Å². The highest BCUT2D eigenvalue weighted by atomic mass is 32.2. The summed E-state index contributed by atoms with van der Waals surface area (Å²) < 4.78 is 11.4. The minimum atomic E-state index is -1.19. The van der Waals surface area contributed by atoms with Crippen LogP contribution >= 0.6 is 0 Å². The van der Waals surface area contributed by atoms with Crippen molar-refractivity contribution in [3.63, 3.8) is 0 Å². The highest BCUT2D eigenvalue weighted by molar-refractivity contribution is 7.90. The zero-order valence-electron chi connectivity index (χ0n) is 8.71. The SMILES string of the molecule is C[S+]([O-])c1ccccc1C(=O)N1CC1C#N. The lowest BCUT2D eigenvalue weighted by molar-refractivity contribution is 0.0876. The van der Waals surface area contributed by atoms with Gasteiger partial charge in [-0.05, 0) is 23.3 Å². The molecule has 2 rings (SSSR count). The first kappa shape index (κ1) is 11.0. The molecule has 0 aliphatic carbocycles. The van der Waals surface area contributed by atoms with Crippen molar-refractivity contribution in [2.24, 2.45) is 0 Å². The molecule has 0 aromatic heterocycles. The molecule has 0 saturated carbocycles. The fourth-order valence-corrected chi connectivity index (χ4v) is 2.26. The maximum absolute atomic E-state index is 11.9. The molecule has 16 heavy (non-hydrogen) atoms. The highest BCUT2D eigenvalue weighted by Gasteiger charge is 2.40. The summed E-state index contributed by atoms with van der Waals surface area (Å²) in [4.78, 5) is 13.9. The van der Waals surface area contributed by atoms with Gasteiger partial charge in [0.1, 0.15) is 12.3 Å². The summed E-state index contributed by atoms with van der Waals surface area (Å²) in [5, 5.41) is 8.65. The highest BCUT2D eigenvalue weighted by Crippen LogP contribution is 2.24. The molecule has 1 aromatic carbocycles. The van der Waals surface area contributed by atoms with Gasteiger partial charge in [-0.1, -0.05) is 12.1 Å². The van der Waals surface area contributed by atoms with Crippen LogP contribution in [0, 0.1) is 11.3 Å². The zero-order valence-corrected chi connectivity index (χ0v) is 9.53. The van der Waals surface area contributed by atoms with Gasteiger partial charge in [-0.25, -0.2) is 0 Å². The van der Waals surface area contributed by atoms with Crippen molar-refractivity contribution in [2.45, 2.75) is 10.9 Å². The van der Waals surface area contributed by atoms with Crippen molar-refractivity contribution in [2.75, 3.05) is 12.8 Å². The summed E-state index contributed by atoms with van der Waals surface area (Å²) in [6.07, 6.45) is 1.54. The molecule has 1 aliphatic rings. The van der Waals surface area contributed by atoms with E-state index in [9.17, 15) is 9.35 Å². The van der Waals surface area contributed by atoms with Gasteiger partial charge in [-0.2, -0.15) is 5.26 Å². The Hall–Kier alpha value is -1.51. The van der Waals surface area contributed by atoms with E-state index in [4.69, 9.17) is 5.26 Å². The number of nitriles is 1. The second-order valence-corrected chi connectivity index (χ2v) is 4.90. The summed E-state index contributed by atoms with van der Waals surface area (Å²) in [7, 11) is 0. The Balaban J connectivity index is 2.28. The van der Waals surface area contributed by atoms with Crippen molar-refractivity contribution in [1.29, 1.82) is 5.26 Å². The molecule has 1 amide bonds. The Morgan fingerprint density at radius 1 is 1.62 bits per heavy atom. The van der Waals surface area contributed by atoms with Crippen molar-refractivity contribution >= 4 is 17.1 Å². The maximum Gasteiger partial charge on any atom is 0.260 e. The van der Waals surface area contributed by atoms with Crippen LogP contribution in [0.3, 0.4) is 0 Å². The molecule has 1 aliphatic heterocycles. The number of rotatable bonds is 2. The molecular formula is C11H10N2O2S. The molecule has 0 spiro atoms. The average Bonchev–Trinajstić information content (AvgIpc) is 3.07. The van der Waals surface area contributed by atoms with E-state index in [-0.39, 0.29) is 11.9 Å². The minimum Gasteiger partial charge on any atom is -0.612 e. The van der Waals surface area contributed by atoms with Gasteiger partial charge in [-0.15, -0.1) is 0 Å². The number of nitrogens with zero attached hydrogens (tertiary/aromatic N) is 2. The Bertz CT molecular complexity index is 467. The monoisotopic (exact) mass is 234 g/mol. The van der Waals surface area contributed by atoms with Crippen LogP contribution in [-0.2, 0) is 11.2 Å². The predicted octanol–water partition coefficient (Wildman–Crippen LogP) is 0.772. The van der Waals surface area contributed by atoms with E-state index in [2.05, 4.69) is 0 Å². The average molecular weight is 234 g/mol. The summed E-state index contributed by atoms with van der Waals surface area (Å²) in [5.41, 5.74) is 0.432. The molecule has 1 saturated heterocycles. The molecule has 0 N–H and O–H groups in total. The first-order valence-corrected chi connectivity index (χ1v) is 6.34. The van der Waals surface area contributed by atoms with Crippen LogP contribution in [0.2, 0.25) is 0 Å². The van der Waals surface area contributed by atoms with Gasteiger partial charge < -0.3 is 9.45 Å². The Morgan fingerprint density at radius 3 is 2.88 bits per heavy atom. The Kier molecular flexibility index (Phi) is 2.86. The lowest BCUT2D eigenvalue weighted by Crippen LogP contribution is -2.16. The van der Waals surface area contributed by atoms with Crippen molar-refractivity contribution in [3.8, 4) is 6.07 Å². The number of carbonyl (C=O) groups is 1. The number of hydrogen-bond acceptors (Lipinski definition) is 3. The zero-order chi connectivity index (χ0) is 11.7. The van der Waals surface area contributed by atoms with Gasteiger partial charge in [0.15, 0.2) is 4.90 Å². The van der Waals surface area contributed by atoms with E-state index in [1.165, 1.54) is 11.2 Å². The largest absolute Gasteiger partial charge is 0.612 e. The molecule has 2 atom stereocenters. The summed E-state index contributed by atoms with van der Waals surface area (Å²) >= 11 is -1.19. The molecule has 1 aromatic rings. The molecule has 2 unspecified atom stereocenters. The fraction of sp³-hybridized carbons (Fsp3) is 0.273. The first-order valence-electron chi connectivity index (χ1n) is 4.78. The molecular weight excluding hydrogens is 224 g/mol. The molecule has 5 heteroatoms. The third-order valence-corrected chi connectivity index (χ3v) is 3.42. The van der Waals surface area contributed by atoms with E-state index >= 15 is 0 Å². The van der Waals surface area contributed by atoms with Gasteiger partial charge in [0.25, 0.3) is 5.91 Å². The number of benzene rings is 1. The molecule has 4 nitrogen and oxygen atoms in total. The van der Waals surface area contributed by atoms with E-state index < -0.39 is 11.2 Å². The minimum absolute atomic E-state index is 0.211. The molecule has 1 heterocycles. The van der Waals surface area contributed by atoms with Crippen LogP contribution in [0.15, 0.2) is 29.2 Å². The second-order valence-electron chi connectivity index (χ2n) is 3.55. The lowest BCUT2D eigenvalue weighted by Gasteiger charge is -2.09. The Labute approximate surface area is 96.7 Å². The van der Waals surface area contributed by atoms with Gasteiger partial charge >= 0.3 is 0 Å². The van der Waals surface area contributed by atoms with Gasteiger partial charge in [0, 0.05) is 0 Å². The maximum atomic E-state index is 11.9. The fourth-order valence-electron chi connectivity index (χ4n) is 1.52. The topological polar surface area (TPSA) is 66.9 Å². The number of amides is 1. The summed E-state index contributed by atoms with van der Waals surface area (Å²) in [6.45, 7) is 0.472. The van der Waals surface area contributed by atoms with Crippen LogP contribution in [0.1, 0.15) is 10.4 Å². The normalized spacial score (nSPS) is 20.1. The predicted molar refractivity (Wildman–Crippen MR) is 59.2 cm³/mol. The summed E-state index contributed by atoms with van der Waals surface area (Å²) in [6, 6.07) is 8.50. The smallest absolute Gasteiger partial charge is 0.260 e. The van der Waals surface area contributed by atoms with Crippen molar-refractivity contribution in [1.82, 2.24) is 4.90 Å². The first-order chi connectivity index (χ1) is 7.65. The molecule has 0 radical (unpaired) electrons. The third-order valence-electron chi connectivity index (χ3n) is 2.45. The lowest BCUT2D eigenvalue weighted by atomic mass is 10.2. The van der Waals surface area contributed by atoms with Crippen LogP contribution in [-0.4, -0.2) is 34.2 Å². The quantitative estimate of drug-likeness (QED) is 0.560. The molecule has 1 fully saturated rings. The van der Waals surface area contributed by atoms with E-state index in [0.717, 1.165) is 0 Å². The van der Waals surface area contributed by atoms with Gasteiger partial charge in [0.05, 0.1) is 18.2 Å². The van der Waals surface area contributed by atoms with Crippen LogP contribution in [0.4, 0.5) is 0 Å². The van der Waals surface area contributed by atoms with Crippen LogP contribution in [0.25, 0.3) is 0 Å². The third kappa shape index (κ3) is 1.90. The standard InChI is InChI=1S/C11H10N2O2S/c1-16(15)10-5-3-2-4-9(10)11(14)13-7-8(13)6-12/h2-5,8H,7H2,1H3. The van der Waals surface area contributed by atoms with Crippen molar-refractivity contribution in [3.05, 3.63) is 29.8 Å². The van der Waals surface area contributed by atoms with E-state index in [1.54, 1.807) is 24.3 Å². The van der Waals surface area contributed by atoms with E-state index in [1.807, 2.05) is 6.07 Å². The molecule has 82 valence electrons. The second kappa shape index (κ2) is 4.16. The van der Waals surface area contributed by atoms with Crippen LogP contribution < -0.4 is 0 Å². The summed E-state index contributed by atoms with van der Waals surface area (Å²) in [5.74, 6) is -0.211. The Morgan fingerprint density at radius 2 is 2.31 bits per heavy atom. The van der Waals surface area contributed by atoms with E-state index in [0.29, 0.717) is 17.0 Å². The molecule has 0 bridgehead atoms.